The summed E-state index contributed by atoms with van der Waals surface area (Å²) in [4.78, 5) is 5.67. The maximum absolute atomic E-state index is 10.3. The van der Waals surface area contributed by atoms with Gasteiger partial charge in [-0.05, 0) is 6.42 Å². The molecule has 0 saturated heterocycles. The van der Waals surface area contributed by atoms with Crippen molar-refractivity contribution in [1.82, 2.24) is 0 Å². The van der Waals surface area contributed by atoms with Gasteiger partial charge in [0.2, 0.25) is 5.84 Å². The van der Waals surface area contributed by atoms with Gasteiger partial charge < -0.3 is 0 Å². The average Bonchev–Trinajstić information content (AvgIpc) is 2.71. The molecule has 0 aromatic heterocycles. The second-order valence-corrected chi connectivity index (χ2v) is 3.91. The number of rotatable bonds is 5. The van der Waals surface area contributed by atoms with E-state index in [1.165, 1.54) is 42.8 Å². The van der Waals surface area contributed by atoms with Gasteiger partial charge >= 0.3 is 12.2 Å². The highest BCUT2D eigenvalue weighted by molar-refractivity contribution is 5.75. The highest BCUT2D eigenvalue weighted by Gasteiger charge is 2.12. The van der Waals surface area contributed by atoms with E-state index in [1.807, 2.05) is 6.20 Å². The zero-order valence-corrected chi connectivity index (χ0v) is 10.6. The summed E-state index contributed by atoms with van der Waals surface area (Å²) in [6, 6.07) is 0. The minimum absolute atomic E-state index is 1.17. The van der Waals surface area contributed by atoms with E-state index in [9.17, 15) is 17.6 Å². The van der Waals surface area contributed by atoms with E-state index in [0.29, 0.717) is 0 Å². The highest BCUT2D eigenvalue weighted by atomic mass is 19.3. The van der Waals surface area contributed by atoms with Crippen LogP contribution in [0.15, 0.2) is 29.6 Å². The van der Waals surface area contributed by atoms with Crippen molar-refractivity contribution in [2.75, 3.05) is 7.05 Å². The Morgan fingerprint density at radius 1 is 1.11 bits per heavy atom. The number of amidine groups is 1. The fourth-order valence-corrected chi connectivity index (χ4v) is 1.42. The lowest BCUT2D eigenvalue weighted by Gasteiger charge is -2.04. The zero-order chi connectivity index (χ0) is 14.0. The topological polar surface area (TPSA) is 16.8 Å². The minimum Gasteiger partial charge on any atom is -0.265 e. The van der Waals surface area contributed by atoms with Gasteiger partial charge in [-0.25, -0.2) is 4.99 Å². The quantitative estimate of drug-likeness (QED) is 0.581. The second-order valence-electron chi connectivity index (χ2n) is 3.91. The number of halogens is 4. The molecule has 0 aromatic carbocycles. The van der Waals surface area contributed by atoms with Crippen molar-refractivity contribution in [3.05, 3.63) is 24.6 Å². The molecule has 0 aromatic rings. The first-order chi connectivity index (χ1) is 8.49. The van der Waals surface area contributed by atoms with Crippen LogP contribution in [0.1, 0.15) is 39.0 Å². The summed E-state index contributed by atoms with van der Waals surface area (Å²) >= 11 is 0. The van der Waals surface area contributed by atoms with E-state index >= 15 is 0 Å². The molecule has 1 aliphatic heterocycles. The van der Waals surface area contributed by atoms with Gasteiger partial charge in [0.1, 0.15) is 6.20 Å². The lowest BCUT2D eigenvalue weighted by Crippen LogP contribution is -3.06. The smallest absolute Gasteiger partial charge is 0.265 e. The Hall–Kier alpha value is -1.17. The minimum atomic E-state index is -2.91. The molecule has 0 fully saturated rings. The predicted molar refractivity (Wildman–Crippen MR) is 63.7 cm³/mol. The Labute approximate surface area is 105 Å². The molecule has 1 unspecified atom stereocenters. The molecule has 1 rings (SSSR count). The van der Waals surface area contributed by atoms with Gasteiger partial charge in [0.25, 0.3) is 0 Å². The Balaban J connectivity index is 0.000000411. The number of unbranched alkanes of at least 4 members (excludes halogenated alkanes) is 3. The van der Waals surface area contributed by atoms with Crippen molar-refractivity contribution in [1.29, 1.82) is 0 Å². The molecule has 104 valence electrons. The summed E-state index contributed by atoms with van der Waals surface area (Å²) < 4.78 is 41.1. The lowest BCUT2D eigenvalue weighted by molar-refractivity contribution is -0.719. The largest absolute Gasteiger partial charge is 0.334 e. The molecule has 0 saturated carbocycles. The summed E-state index contributed by atoms with van der Waals surface area (Å²) in [7, 11) is 2.14. The van der Waals surface area contributed by atoms with Gasteiger partial charge in [0, 0.05) is 6.42 Å². The van der Waals surface area contributed by atoms with Gasteiger partial charge in [-0.1, -0.05) is 26.2 Å². The molecule has 0 radical (unpaired) electrons. The van der Waals surface area contributed by atoms with E-state index < -0.39 is 12.2 Å². The van der Waals surface area contributed by atoms with Crippen LogP contribution in [0, 0.1) is 0 Å². The molecule has 1 heterocycles. The van der Waals surface area contributed by atoms with Crippen molar-refractivity contribution >= 4 is 5.84 Å². The van der Waals surface area contributed by atoms with Crippen LogP contribution >= 0.6 is 0 Å². The number of hydrogen-bond donors (Lipinski definition) is 1. The van der Waals surface area contributed by atoms with Crippen molar-refractivity contribution in [3.63, 3.8) is 0 Å². The molecule has 18 heavy (non-hydrogen) atoms. The second kappa shape index (κ2) is 9.82. The first-order valence-electron chi connectivity index (χ1n) is 5.92. The lowest BCUT2D eigenvalue weighted by atomic mass is 10.1. The molecular weight excluding hydrogens is 248 g/mol. The van der Waals surface area contributed by atoms with Gasteiger partial charge in [-0.2, -0.15) is 17.6 Å². The van der Waals surface area contributed by atoms with Gasteiger partial charge in [-0.3, -0.25) is 4.90 Å². The van der Waals surface area contributed by atoms with E-state index in [1.54, 1.807) is 0 Å². The van der Waals surface area contributed by atoms with Crippen LogP contribution in [-0.4, -0.2) is 12.9 Å². The van der Waals surface area contributed by atoms with Crippen LogP contribution < -0.4 is 4.90 Å². The van der Waals surface area contributed by atoms with Crippen molar-refractivity contribution in [2.45, 2.75) is 39.0 Å². The van der Waals surface area contributed by atoms with Gasteiger partial charge in [0.15, 0.2) is 0 Å². The van der Waals surface area contributed by atoms with Gasteiger partial charge in [-0.15, -0.1) is 0 Å². The van der Waals surface area contributed by atoms with Crippen LogP contribution in [0.3, 0.4) is 0 Å². The predicted octanol–water partition coefficient (Wildman–Crippen LogP) is 3.35. The number of nitrogens with one attached hydrogen (secondary N) is 1. The molecule has 0 amide bonds. The third-order valence-electron chi connectivity index (χ3n) is 2.42. The highest BCUT2D eigenvalue weighted by Crippen LogP contribution is 2.08. The Morgan fingerprint density at radius 3 is 2.11 bits per heavy atom. The SMILES string of the molecule is CCCCCCC1=NC=C[NH+]1C.FC(F)=C(F)F. The Morgan fingerprint density at radius 2 is 1.72 bits per heavy atom. The summed E-state index contributed by atoms with van der Waals surface area (Å²) in [6.07, 6.45) is 4.67. The third kappa shape index (κ3) is 8.00. The van der Waals surface area contributed by atoms with Gasteiger partial charge in [0.05, 0.1) is 13.2 Å². The number of quaternary nitrogens is 1. The first-order valence-corrected chi connectivity index (χ1v) is 5.92. The maximum Gasteiger partial charge on any atom is 0.334 e. The molecule has 1 atom stereocenters. The standard InChI is InChI=1S/C10H18N2.C2F4/c1-3-4-5-6-7-10-11-8-9-12(10)2;3-1(4)2(5)6/h8-9H,3-7H2,1-2H3;/p+1. The first kappa shape index (κ1) is 16.8. The molecule has 0 aliphatic carbocycles. The van der Waals surface area contributed by atoms with Crippen molar-refractivity contribution in [2.24, 2.45) is 4.99 Å². The number of nitrogens with zero attached hydrogens (tertiary/aromatic N) is 1. The molecule has 1 N–H and O–H groups in total. The Kier molecular flexibility index (Phi) is 9.18. The van der Waals surface area contributed by atoms with Crippen molar-refractivity contribution < 1.29 is 22.5 Å². The van der Waals surface area contributed by atoms with Crippen LogP contribution in [0.25, 0.3) is 0 Å². The van der Waals surface area contributed by atoms with Crippen LogP contribution in [0.2, 0.25) is 0 Å². The summed E-state index contributed by atoms with van der Waals surface area (Å²) in [6.45, 7) is 2.24. The third-order valence-corrected chi connectivity index (χ3v) is 2.42. The number of aliphatic imine (C=N–C) groups is 1. The van der Waals surface area contributed by atoms with E-state index in [4.69, 9.17) is 0 Å². The fraction of sp³-hybridized carbons (Fsp3) is 0.583. The fourth-order valence-electron chi connectivity index (χ4n) is 1.42. The van der Waals surface area contributed by atoms with Crippen LogP contribution in [0.5, 0.6) is 0 Å². The maximum atomic E-state index is 10.3. The summed E-state index contributed by atoms with van der Waals surface area (Å²) in [5.74, 6) is 1.30. The normalized spacial score (nSPS) is 17.0. The summed E-state index contributed by atoms with van der Waals surface area (Å²) in [5, 5.41) is 0. The van der Waals surface area contributed by atoms with Crippen LogP contribution in [0.4, 0.5) is 17.6 Å². The molecule has 1 aliphatic rings. The Bertz CT molecular complexity index is 306. The molecule has 0 spiro atoms. The molecule has 6 heteroatoms. The van der Waals surface area contributed by atoms with E-state index in [-0.39, 0.29) is 0 Å². The molecule has 2 nitrogen and oxygen atoms in total. The number of hydrogen-bond acceptors (Lipinski definition) is 1. The zero-order valence-electron chi connectivity index (χ0n) is 10.6. The van der Waals surface area contributed by atoms with E-state index in [0.717, 1.165) is 0 Å². The van der Waals surface area contributed by atoms with Crippen molar-refractivity contribution in [3.8, 4) is 0 Å². The monoisotopic (exact) mass is 267 g/mol. The molecular formula is C12H19F4N2+. The van der Waals surface area contributed by atoms with E-state index in [2.05, 4.69) is 25.2 Å². The summed E-state index contributed by atoms with van der Waals surface area (Å²) in [5.41, 5.74) is 0. The molecule has 0 bridgehead atoms. The van der Waals surface area contributed by atoms with Crippen LogP contribution in [-0.2, 0) is 0 Å². The average molecular weight is 267 g/mol.